The van der Waals surface area contributed by atoms with E-state index in [4.69, 9.17) is 9.15 Å². The van der Waals surface area contributed by atoms with E-state index in [-0.39, 0.29) is 5.97 Å². The van der Waals surface area contributed by atoms with Gasteiger partial charge in [0.2, 0.25) is 5.88 Å². The molecular formula is C20H17NO3. The minimum absolute atomic E-state index is 0.294. The van der Waals surface area contributed by atoms with Gasteiger partial charge in [-0.1, -0.05) is 60.7 Å². The second kappa shape index (κ2) is 6.24. The van der Waals surface area contributed by atoms with E-state index in [0.717, 1.165) is 16.7 Å². The Balaban J connectivity index is 1.69. The monoisotopic (exact) mass is 319 g/mol. The number of carbonyl (C=O) groups excluding carboxylic acids is 1. The van der Waals surface area contributed by atoms with Crippen LogP contribution in [-0.4, -0.2) is 5.97 Å². The van der Waals surface area contributed by atoms with Gasteiger partial charge in [0.15, 0.2) is 0 Å². The summed E-state index contributed by atoms with van der Waals surface area (Å²) in [5.74, 6) is 0.278. The molecule has 24 heavy (non-hydrogen) atoms. The molecule has 4 rings (SSSR count). The molecule has 3 aromatic rings. The van der Waals surface area contributed by atoms with Crippen LogP contribution >= 0.6 is 0 Å². The van der Waals surface area contributed by atoms with Crippen LogP contribution in [0.1, 0.15) is 27.0 Å². The fraction of sp³-hybridized carbons (Fsp3) is 0.150. The number of furan rings is 1. The molecule has 2 aromatic carbocycles. The van der Waals surface area contributed by atoms with Crippen molar-refractivity contribution in [1.82, 2.24) is 0 Å². The van der Waals surface area contributed by atoms with Crippen LogP contribution < -0.4 is 4.90 Å². The topological polar surface area (TPSA) is 42.7 Å². The number of cyclic esters (lactones) is 1. The van der Waals surface area contributed by atoms with Gasteiger partial charge in [0.05, 0.1) is 0 Å². The summed E-state index contributed by atoms with van der Waals surface area (Å²) in [6.45, 7) is 1.61. The van der Waals surface area contributed by atoms with Crippen LogP contribution in [0.3, 0.4) is 0 Å². The highest BCUT2D eigenvalue weighted by Crippen LogP contribution is 2.33. The average molecular weight is 319 g/mol. The number of carbonyl (C=O) groups is 1. The lowest BCUT2D eigenvalue weighted by Crippen LogP contribution is -2.23. The van der Waals surface area contributed by atoms with E-state index in [1.54, 1.807) is 6.26 Å². The van der Waals surface area contributed by atoms with Crippen molar-refractivity contribution in [2.75, 3.05) is 4.90 Å². The normalized spacial score (nSPS) is 12.8. The van der Waals surface area contributed by atoms with Gasteiger partial charge in [-0.2, -0.15) is 0 Å². The fourth-order valence-corrected chi connectivity index (χ4v) is 2.96. The first-order chi connectivity index (χ1) is 11.8. The first kappa shape index (κ1) is 14.6. The van der Waals surface area contributed by atoms with Crippen molar-refractivity contribution in [3.8, 4) is 0 Å². The van der Waals surface area contributed by atoms with Gasteiger partial charge >= 0.3 is 5.97 Å². The first-order valence-electron chi connectivity index (χ1n) is 7.91. The Hall–Kier alpha value is -3.01. The molecule has 0 fully saturated rings. The molecule has 4 heteroatoms. The molecule has 0 N–H and O–H groups in total. The summed E-state index contributed by atoms with van der Waals surface area (Å²) in [4.78, 5) is 14.1. The van der Waals surface area contributed by atoms with E-state index < -0.39 is 0 Å². The van der Waals surface area contributed by atoms with Gasteiger partial charge in [-0.3, -0.25) is 0 Å². The molecule has 0 spiro atoms. The molecule has 1 aliphatic heterocycles. The van der Waals surface area contributed by atoms with Gasteiger partial charge < -0.3 is 14.1 Å². The number of benzene rings is 2. The molecule has 0 unspecified atom stereocenters. The molecule has 4 nitrogen and oxygen atoms in total. The third-order valence-electron chi connectivity index (χ3n) is 4.13. The van der Waals surface area contributed by atoms with E-state index >= 15 is 0 Å². The summed E-state index contributed by atoms with van der Waals surface area (Å²) in [6.07, 6.45) is 1.62. The predicted octanol–water partition coefficient (Wildman–Crippen LogP) is 4.16. The molecule has 0 amide bonds. The van der Waals surface area contributed by atoms with Gasteiger partial charge in [0.1, 0.15) is 18.4 Å². The molecule has 1 aliphatic rings. The van der Waals surface area contributed by atoms with Crippen LogP contribution in [0, 0.1) is 0 Å². The Kier molecular flexibility index (Phi) is 3.79. The van der Waals surface area contributed by atoms with Crippen LogP contribution in [-0.2, 0) is 24.4 Å². The fourth-order valence-electron chi connectivity index (χ4n) is 2.96. The Morgan fingerprint density at radius 3 is 2.04 bits per heavy atom. The number of hydrogen-bond acceptors (Lipinski definition) is 4. The lowest BCUT2D eigenvalue weighted by atomic mass is 10.1. The minimum Gasteiger partial charge on any atom is -0.457 e. The number of nitrogens with zero attached hydrogens (tertiary/aromatic N) is 1. The Morgan fingerprint density at radius 1 is 0.875 bits per heavy atom. The van der Waals surface area contributed by atoms with Gasteiger partial charge in [-0.15, -0.1) is 0 Å². The molecule has 1 aromatic heterocycles. The molecular weight excluding hydrogens is 302 g/mol. The maximum Gasteiger partial charge on any atom is 0.344 e. The molecule has 0 saturated carbocycles. The van der Waals surface area contributed by atoms with Crippen molar-refractivity contribution < 1.29 is 13.9 Å². The van der Waals surface area contributed by atoms with Crippen molar-refractivity contribution in [1.29, 1.82) is 0 Å². The average Bonchev–Trinajstić information content (AvgIpc) is 3.20. The lowest BCUT2D eigenvalue weighted by molar-refractivity contribution is 0.0531. The van der Waals surface area contributed by atoms with Crippen molar-refractivity contribution in [2.45, 2.75) is 19.7 Å². The molecule has 2 heterocycles. The number of esters is 1. The van der Waals surface area contributed by atoms with Gasteiger partial charge in [0.25, 0.3) is 0 Å². The van der Waals surface area contributed by atoms with E-state index in [9.17, 15) is 4.79 Å². The van der Waals surface area contributed by atoms with Crippen LogP contribution in [0.4, 0.5) is 5.88 Å². The zero-order chi connectivity index (χ0) is 16.4. The van der Waals surface area contributed by atoms with Crippen molar-refractivity contribution in [2.24, 2.45) is 0 Å². The minimum atomic E-state index is -0.306. The van der Waals surface area contributed by atoms with Crippen LogP contribution in [0.2, 0.25) is 0 Å². The zero-order valence-electron chi connectivity index (χ0n) is 13.1. The third-order valence-corrected chi connectivity index (χ3v) is 4.13. The molecule has 0 radical (unpaired) electrons. The van der Waals surface area contributed by atoms with Crippen LogP contribution in [0.25, 0.3) is 0 Å². The first-order valence-corrected chi connectivity index (χ1v) is 7.91. The number of fused-ring (bicyclic) bond motifs is 1. The standard InChI is InChI=1S/C20H17NO3/c22-20-18-17(14-24-20)13-23-19(18)21(11-15-7-3-1-4-8-15)12-16-9-5-2-6-10-16/h1-10,13H,11-12,14H2. The Labute approximate surface area is 140 Å². The highest BCUT2D eigenvalue weighted by molar-refractivity contribution is 5.98. The van der Waals surface area contributed by atoms with Gasteiger partial charge in [-0.05, 0) is 11.1 Å². The molecule has 0 saturated heterocycles. The number of ether oxygens (including phenoxy) is 1. The maximum atomic E-state index is 12.0. The van der Waals surface area contributed by atoms with Crippen molar-refractivity contribution in [3.63, 3.8) is 0 Å². The van der Waals surface area contributed by atoms with Crippen molar-refractivity contribution >= 4 is 11.9 Å². The number of anilines is 1. The predicted molar refractivity (Wildman–Crippen MR) is 90.6 cm³/mol. The number of hydrogen-bond donors (Lipinski definition) is 0. The lowest BCUT2D eigenvalue weighted by Gasteiger charge is -2.23. The molecule has 0 atom stereocenters. The maximum absolute atomic E-state index is 12.0. The quantitative estimate of drug-likeness (QED) is 0.662. The summed E-state index contributed by atoms with van der Waals surface area (Å²) in [5, 5.41) is 0. The van der Waals surface area contributed by atoms with Crippen LogP contribution in [0.15, 0.2) is 71.3 Å². The molecule has 0 aliphatic carbocycles. The zero-order valence-corrected chi connectivity index (χ0v) is 13.1. The summed E-state index contributed by atoms with van der Waals surface area (Å²) >= 11 is 0. The van der Waals surface area contributed by atoms with Crippen molar-refractivity contribution in [3.05, 3.63) is 89.2 Å². The molecule has 120 valence electrons. The summed E-state index contributed by atoms with van der Waals surface area (Å²) < 4.78 is 10.9. The summed E-state index contributed by atoms with van der Waals surface area (Å²) in [6, 6.07) is 20.3. The smallest absolute Gasteiger partial charge is 0.344 e. The Bertz CT molecular complexity index is 798. The number of rotatable bonds is 5. The van der Waals surface area contributed by atoms with E-state index in [2.05, 4.69) is 29.2 Å². The second-order valence-electron chi connectivity index (χ2n) is 5.84. The Morgan fingerprint density at radius 2 is 1.46 bits per heavy atom. The summed E-state index contributed by atoms with van der Waals surface area (Å²) in [5.41, 5.74) is 3.69. The highest BCUT2D eigenvalue weighted by Gasteiger charge is 2.31. The second-order valence-corrected chi connectivity index (χ2v) is 5.84. The van der Waals surface area contributed by atoms with Gasteiger partial charge in [0, 0.05) is 18.7 Å². The largest absolute Gasteiger partial charge is 0.457 e. The summed E-state index contributed by atoms with van der Waals surface area (Å²) in [7, 11) is 0. The molecule has 0 bridgehead atoms. The van der Waals surface area contributed by atoms with E-state index in [1.807, 2.05) is 36.4 Å². The third kappa shape index (κ3) is 2.78. The van der Waals surface area contributed by atoms with E-state index in [1.165, 1.54) is 0 Å². The van der Waals surface area contributed by atoms with E-state index in [0.29, 0.717) is 31.1 Å². The highest BCUT2D eigenvalue weighted by atomic mass is 16.5. The SMILES string of the molecule is O=C1OCc2coc(N(Cc3ccccc3)Cc3ccccc3)c21. The van der Waals surface area contributed by atoms with Crippen LogP contribution in [0.5, 0.6) is 0 Å². The van der Waals surface area contributed by atoms with Gasteiger partial charge in [-0.25, -0.2) is 4.79 Å².